The average molecular weight is 196 g/mol. The molecule has 1 aromatic carbocycles. The van der Waals surface area contributed by atoms with E-state index in [2.05, 4.69) is 6.07 Å². The lowest BCUT2D eigenvalue weighted by atomic mass is 10.1. The van der Waals surface area contributed by atoms with Crippen molar-refractivity contribution < 1.29 is 4.74 Å². The van der Waals surface area contributed by atoms with E-state index < -0.39 is 0 Å². The highest BCUT2D eigenvalue weighted by atomic mass is 35.5. The summed E-state index contributed by atoms with van der Waals surface area (Å²) in [6, 6.07) is 5.69. The molecule has 0 bridgehead atoms. The number of ether oxygens (including phenoxy) is 1. The van der Waals surface area contributed by atoms with Crippen molar-refractivity contribution in [2.45, 2.75) is 12.8 Å². The van der Waals surface area contributed by atoms with Crippen molar-refractivity contribution in [3.8, 4) is 11.8 Å². The second kappa shape index (κ2) is 4.15. The molecule has 2 nitrogen and oxygen atoms in total. The third-order valence-corrected chi connectivity index (χ3v) is 2.18. The molecule has 0 radical (unpaired) electrons. The van der Waals surface area contributed by atoms with Crippen LogP contribution in [-0.2, 0) is 5.88 Å². The third kappa shape index (κ3) is 1.93. The first kappa shape index (κ1) is 9.88. The SMILES string of the molecule is COc1cc(C#N)c(C)cc1CCl. The number of aryl methyl sites for hydroxylation is 1. The van der Waals surface area contributed by atoms with Crippen molar-refractivity contribution in [1.29, 1.82) is 5.26 Å². The van der Waals surface area contributed by atoms with E-state index in [4.69, 9.17) is 21.6 Å². The molecule has 0 saturated carbocycles. The molecule has 0 fully saturated rings. The standard InChI is InChI=1S/C10H10ClNO/c1-7-3-8(5-11)10(13-2)4-9(7)6-12/h3-4H,5H2,1-2H3. The zero-order valence-electron chi connectivity index (χ0n) is 7.60. The van der Waals surface area contributed by atoms with Gasteiger partial charge in [-0.25, -0.2) is 0 Å². The second-order valence-electron chi connectivity index (χ2n) is 2.72. The predicted octanol–water partition coefficient (Wildman–Crippen LogP) is 2.61. The third-order valence-electron chi connectivity index (χ3n) is 1.89. The summed E-state index contributed by atoms with van der Waals surface area (Å²) >= 11 is 5.72. The van der Waals surface area contributed by atoms with Gasteiger partial charge in [0.25, 0.3) is 0 Å². The highest BCUT2D eigenvalue weighted by molar-refractivity contribution is 6.17. The van der Waals surface area contributed by atoms with Gasteiger partial charge in [0.15, 0.2) is 0 Å². The fourth-order valence-corrected chi connectivity index (χ4v) is 1.37. The average Bonchev–Trinajstić information content (AvgIpc) is 2.17. The molecule has 0 aromatic heterocycles. The number of alkyl halides is 1. The van der Waals surface area contributed by atoms with Crippen LogP contribution >= 0.6 is 11.6 Å². The molecule has 0 saturated heterocycles. The molecule has 3 heteroatoms. The molecule has 0 aliphatic rings. The Morgan fingerprint density at radius 3 is 2.69 bits per heavy atom. The molecular formula is C10H10ClNO. The number of hydrogen-bond acceptors (Lipinski definition) is 2. The summed E-state index contributed by atoms with van der Waals surface area (Å²) in [6.07, 6.45) is 0. The van der Waals surface area contributed by atoms with Crippen molar-refractivity contribution in [3.05, 3.63) is 28.8 Å². The summed E-state index contributed by atoms with van der Waals surface area (Å²) in [5, 5.41) is 8.76. The number of nitrogens with zero attached hydrogens (tertiary/aromatic N) is 1. The lowest BCUT2D eigenvalue weighted by molar-refractivity contribution is 0.411. The number of benzene rings is 1. The van der Waals surface area contributed by atoms with Crippen LogP contribution < -0.4 is 4.74 Å². The van der Waals surface area contributed by atoms with Crippen LogP contribution in [-0.4, -0.2) is 7.11 Å². The summed E-state index contributed by atoms with van der Waals surface area (Å²) in [5.74, 6) is 1.08. The van der Waals surface area contributed by atoms with E-state index in [0.717, 1.165) is 11.1 Å². The molecule has 0 aliphatic heterocycles. The molecule has 0 spiro atoms. The van der Waals surface area contributed by atoms with Gasteiger partial charge >= 0.3 is 0 Å². The molecule has 1 aromatic rings. The number of nitriles is 1. The van der Waals surface area contributed by atoms with Crippen LogP contribution in [0.4, 0.5) is 0 Å². The van der Waals surface area contributed by atoms with Crippen LogP contribution in [0.25, 0.3) is 0 Å². The van der Waals surface area contributed by atoms with E-state index in [0.29, 0.717) is 17.2 Å². The number of hydrogen-bond donors (Lipinski definition) is 0. The topological polar surface area (TPSA) is 33.0 Å². The Kier molecular flexibility index (Phi) is 3.16. The van der Waals surface area contributed by atoms with E-state index in [9.17, 15) is 0 Å². The van der Waals surface area contributed by atoms with Gasteiger partial charge in [-0.05, 0) is 24.6 Å². The Morgan fingerprint density at radius 1 is 1.54 bits per heavy atom. The Bertz CT molecular complexity index is 355. The Balaban J connectivity index is 3.28. The quantitative estimate of drug-likeness (QED) is 0.680. The summed E-state index contributed by atoms with van der Waals surface area (Å²) < 4.78 is 5.10. The number of rotatable bonds is 2. The molecule has 13 heavy (non-hydrogen) atoms. The Hall–Kier alpha value is -1.20. The van der Waals surface area contributed by atoms with Crippen molar-refractivity contribution in [2.75, 3.05) is 7.11 Å². The first-order valence-corrected chi connectivity index (χ1v) is 4.40. The summed E-state index contributed by atoms with van der Waals surface area (Å²) in [5.41, 5.74) is 2.48. The summed E-state index contributed by atoms with van der Waals surface area (Å²) in [6.45, 7) is 1.88. The van der Waals surface area contributed by atoms with Gasteiger partial charge in [0.05, 0.1) is 24.6 Å². The molecule has 0 unspecified atom stereocenters. The van der Waals surface area contributed by atoms with Crippen LogP contribution in [0.1, 0.15) is 16.7 Å². The van der Waals surface area contributed by atoms with Gasteiger partial charge in [0.2, 0.25) is 0 Å². The summed E-state index contributed by atoms with van der Waals surface area (Å²) in [4.78, 5) is 0. The first-order chi connectivity index (χ1) is 6.22. The molecule has 0 N–H and O–H groups in total. The maximum atomic E-state index is 8.76. The van der Waals surface area contributed by atoms with Crippen LogP contribution in [0.2, 0.25) is 0 Å². The lowest BCUT2D eigenvalue weighted by Crippen LogP contribution is -1.93. The minimum Gasteiger partial charge on any atom is -0.496 e. The molecule has 68 valence electrons. The monoisotopic (exact) mass is 195 g/mol. The van der Waals surface area contributed by atoms with E-state index in [-0.39, 0.29) is 0 Å². The highest BCUT2D eigenvalue weighted by Gasteiger charge is 2.06. The first-order valence-electron chi connectivity index (χ1n) is 3.86. The van der Waals surface area contributed by atoms with Crippen molar-refractivity contribution in [3.63, 3.8) is 0 Å². The molecule has 0 atom stereocenters. The fraction of sp³-hybridized carbons (Fsp3) is 0.300. The van der Waals surface area contributed by atoms with Crippen LogP contribution in [0.5, 0.6) is 5.75 Å². The molecule has 0 amide bonds. The van der Waals surface area contributed by atoms with Crippen LogP contribution in [0.3, 0.4) is 0 Å². The van der Waals surface area contributed by atoms with E-state index in [1.54, 1.807) is 13.2 Å². The van der Waals surface area contributed by atoms with Gasteiger partial charge < -0.3 is 4.74 Å². The Morgan fingerprint density at radius 2 is 2.23 bits per heavy atom. The maximum Gasteiger partial charge on any atom is 0.124 e. The molecular weight excluding hydrogens is 186 g/mol. The van der Waals surface area contributed by atoms with Crippen LogP contribution in [0, 0.1) is 18.3 Å². The van der Waals surface area contributed by atoms with E-state index in [1.165, 1.54) is 0 Å². The minimum absolute atomic E-state index is 0.399. The fourth-order valence-electron chi connectivity index (χ4n) is 1.16. The smallest absolute Gasteiger partial charge is 0.124 e. The normalized spacial score (nSPS) is 9.38. The van der Waals surface area contributed by atoms with Crippen molar-refractivity contribution in [1.82, 2.24) is 0 Å². The minimum atomic E-state index is 0.399. The van der Waals surface area contributed by atoms with Gasteiger partial charge in [0.1, 0.15) is 5.75 Å². The van der Waals surface area contributed by atoms with E-state index >= 15 is 0 Å². The zero-order chi connectivity index (χ0) is 9.84. The largest absolute Gasteiger partial charge is 0.496 e. The lowest BCUT2D eigenvalue weighted by Gasteiger charge is -2.07. The maximum absolute atomic E-state index is 8.76. The number of halogens is 1. The van der Waals surface area contributed by atoms with Gasteiger partial charge in [0, 0.05) is 5.56 Å². The zero-order valence-corrected chi connectivity index (χ0v) is 8.35. The van der Waals surface area contributed by atoms with Crippen molar-refractivity contribution >= 4 is 11.6 Å². The highest BCUT2D eigenvalue weighted by Crippen LogP contribution is 2.24. The molecule has 1 rings (SSSR count). The van der Waals surface area contributed by atoms with Gasteiger partial charge in [-0.3, -0.25) is 0 Å². The second-order valence-corrected chi connectivity index (χ2v) is 2.99. The van der Waals surface area contributed by atoms with Crippen molar-refractivity contribution in [2.24, 2.45) is 0 Å². The van der Waals surface area contributed by atoms with Gasteiger partial charge in [-0.2, -0.15) is 5.26 Å². The predicted molar refractivity (Wildman–Crippen MR) is 52.0 cm³/mol. The molecule has 0 heterocycles. The van der Waals surface area contributed by atoms with Gasteiger partial charge in [-0.15, -0.1) is 11.6 Å². The summed E-state index contributed by atoms with van der Waals surface area (Å²) in [7, 11) is 1.57. The Labute approximate surface area is 82.7 Å². The van der Waals surface area contributed by atoms with E-state index in [1.807, 2.05) is 13.0 Å². The van der Waals surface area contributed by atoms with Crippen LogP contribution in [0.15, 0.2) is 12.1 Å². The number of methoxy groups -OCH3 is 1. The molecule has 0 aliphatic carbocycles. The van der Waals surface area contributed by atoms with Gasteiger partial charge in [-0.1, -0.05) is 0 Å².